The van der Waals surface area contributed by atoms with E-state index in [1.807, 2.05) is 52.0 Å². The molecule has 4 N–H and O–H groups in total. The van der Waals surface area contributed by atoms with E-state index in [0.717, 1.165) is 11.0 Å². The van der Waals surface area contributed by atoms with Crippen LogP contribution in [-0.4, -0.2) is 42.1 Å². The van der Waals surface area contributed by atoms with E-state index in [4.69, 9.17) is 15.0 Å². The SMILES string of the molecule is CC(=O)Nc1cccc(C(=O)N[C@@H](Cc2ccc(B3OC(C)(C)C(C)(C)O3)cc2)C(N)=O)c1. The Bertz CT molecular complexity index is 1040. The summed E-state index contributed by atoms with van der Waals surface area (Å²) >= 11 is 0. The number of rotatable bonds is 7. The molecule has 0 bridgehead atoms. The van der Waals surface area contributed by atoms with Crippen molar-refractivity contribution in [1.29, 1.82) is 0 Å². The topological polar surface area (TPSA) is 120 Å². The van der Waals surface area contributed by atoms with Gasteiger partial charge in [-0.15, -0.1) is 0 Å². The van der Waals surface area contributed by atoms with Crippen LogP contribution in [0, 0.1) is 0 Å². The molecule has 0 spiro atoms. The maximum atomic E-state index is 12.7. The van der Waals surface area contributed by atoms with E-state index in [0.29, 0.717) is 11.3 Å². The van der Waals surface area contributed by atoms with Crippen LogP contribution < -0.4 is 21.8 Å². The van der Waals surface area contributed by atoms with Crippen molar-refractivity contribution >= 4 is 36.0 Å². The summed E-state index contributed by atoms with van der Waals surface area (Å²) in [5.74, 6) is -1.34. The molecule has 1 aliphatic rings. The minimum atomic E-state index is -0.899. The molecule has 8 nitrogen and oxygen atoms in total. The third-order valence-electron chi connectivity index (χ3n) is 6.04. The van der Waals surface area contributed by atoms with Crippen LogP contribution in [0.15, 0.2) is 48.5 Å². The molecule has 0 aliphatic carbocycles. The van der Waals surface area contributed by atoms with E-state index in [2.05, 4.69) is 10.6 Å². The highest BCUT2D eigenvalue weighted by Crippen LogP contribution is 2.36. The van der Waals surface area contributed by atoms with Gasteiger partial charge in [0.25, 0.3) is 5.91 Å². The first kappa shape index (κ1) is 24.5. The van der Waals surface area contributed by atoms with Gasteiger partial charge in [0.1, 0.15) is 6.04 Å². The van der Waals surface area contributed by atoms with Crippen molar-refractivity contribution in [2.24, 2.45) is 5.73 Å². The number of anilines is 1. The van der Waals surface area contributed by atoms with E-state index in [9.17, 15) is 14.4 Å². The number of primary amides is 1. The van der Waals surface area contributed by atoms with Crippen LogP contribution in [0.4, 0.5) is 5.69 Å². The molecule has 2 aromatic carbocycles. The van der Waals surface area contributed by atoms with Gasteiger partial charge in [-0.2, -0.15) is 0 Å². The van der Waals surface area contributed by atoms with Crippen LogP contribution in [0.25, 0.3) is 0 Å². The van der Waals surface area contributed by atoms with Crippen molar-refractivity contribution in [1.82, 2.24) is 5.32 Å². The maximum Gasteiger partial charge on any atom is 0.494 e. The number of amides is 3. The number of hydrogen-bond donors (Lipinski definition) is 3. The fourth-order valence-electron chi connectivity index (χ4n) is 3.43. The molecule has 0 radical (unpaired) electrons. The standard InChI is InChI=1S/C24H30BN3O5/c1-15(29)27-19-8-6-7-17(14-19)22(31)28-20(21(26)30)13-16-9-11-18(12-10-16)25-32-23(2,3)24(4,5)33-25/h6-12,14,20H,13H2,1-5H3,(H2,26,30)(H,27,29)(H,28,31)/t20-/m0/s1. The summed E-state index contributed by atoms with van der Waals surface area (Å²) in [5.41, 5.74) is 7.17. The van der Waals surface area contributed by atoms with E-state index < -0.39 is 36.2 Å². The Labute approximate surface area is 194 Å². The molecule has 33 heavy (non-hydrogen) atoms. The zero-order valence-corrected chi connectivity index (χ0v) is 19.6. The number of nitrogens with one attached hydrogen (secondary N) is 2. The minimum absolute atomic E-state index is 0.232. The lowest BCUT2D eigenvalue weighted by molar-refractivity contribution is -0.119. The smallest absolute Gasteiger partial charge is 0.399 e. The molecule has 1 heterocycles. The highest BCUT2D eigenvalue weighted by Gasteiger charge is 2.51. The minimum Gasteiger partial charge on any atom is -0.399 e. The number of carbonyl (C=O) groups excluding carboxylic acids is 3. The second-order valence-electron chi connectivity index (χ2n) is 9.22. The molecule has 174 valence electrons. The summed E-state index contributed by atoms with van der Waals surface area (Å²) in [6.45, 7) is 9.36. The maximum absolute atomic E-state index is 12.7. The summed E-state index contributed by atoms with van der Waals surface area (Å²) in [5, 5.41) is 5.30. The Morgan fingerprint density at radius 2 is 1.61 bits per heavy atom. The van der Waals surface area contributed by atoms with Crippen LogP contribution in [0.1, 0.15) is 50.5 Å². The lowest BCUT2D eigenvalue weighted by Crippen LogP contribution is -2.46. The molecule has 1 saturated heterocycles. The summed E-state index contributed by atoms with van der Waals surface area (Å²) in [6.07, 6.45) is 0.232. The highest BCUT2D eigenvalue weighted by atomic mass is 16.7. The Morgan fingerprint density at radius 1 is 1.00 bits per heavy atom. The third-order valence-corrected chi connectivity index (χ3v) is 6.04. The van der Waals surface area contributed by atoms with Gasteiger partial charge in [0.05, 0.1) is 11.2 Å². The monoisotopic (exact) mass is 451 g/mol. The predicted octanol–water partition coefficient (Wildman–Crippen LogP) is 1.77. The van der Waals surface area contributed by atoms with Gasteiger partial charge in [0.2, 0.25) is 11.8 Å². The first-order valence-electron chi connectivity index (χ1n) is 10.8. The van der Waals surface area contributed by atoms with Gasteiger partial charge in [-0.3, -0.25) is 14.4 Å². The summed E-state index contributed by atoms with van der Waals surface area (Å²) < 4.78 is 12.1. The van der Waals surface area contributed by atoms with E-state index in [1.165, 1.54) is 13.0 Å². The molecule has 1 aliphatic heterocycles. The van der Waals surface area contributed by atoms with Crippen molar-refractivity contribution < 1.29 is 23.7 Å². The molecular weight excluding hydrogens is 421 g/mol. The number of benzene rings is 2. The fourth-order valence-corrected chi connectivity index (χ4v) is 3.43. The van der Waals surface area contributed by atoms with Crippen LogP contribution in [0.5, 0.6) is 0 Å². The third kappa shape index (κ3) is 5.80. The second-order valence-corrected chi connectivity index (χ2v) is 9.22. The predicted molar refractivity (Wildman–Crippen MR) is 127 cm³/mol. The highest BCUT2D eigenvalue weighted by molar-refractivity contribution is 6.62. The normalized spacial score (nSPS) is 17.3. The number of hydrogen-bond acceptors (Lipinski definition) is 5. The molecule has 9 heteroatoms. The molecule has 0 unspecified atom stereocenters. The number of nitrogens with two attached hydrogens (primary N) is 1. The molecule has 1 atom stereocenters. The quantitative estimate of drug-likeness (QED) is 0.555. The molecule has 0 aromatic heterocycles. The van der Waals surface area contributed by atoms with Gasteiger partial charge < -0.3 is 25.7 Å². The van der Waals surface area contributed by atoms with E-state index in [1.54, 1.807) is 18.2 Å². The lowest BCUT2D eigenvalue weighted by Gasteiger charge is -2.32. The number of carbonyl (C=O) groups is 3. The first-order chi connectivity index (χ1) is 15.4. The van der Waals surface area contributed by atoms with Gasteiger partial charge in [0, 0.05) is 24.6 Å². The zero-order chi connectivity index (χ0) is 24.4. The van der Waals surface area contributed by atoms with Crippen LogP contribution in [-0.2, 0) is 25.3 Å². The summed E-state index contributed by atoms with van der Waals surface area (Å²) in [6, 6.07) is 13.0. The molecule has 0 saturated carbocycles. The molecule has 2 aromatic rings. The van der Waals surface area contributed by atoms with Gasteiger partial charge >= 0.3 is 7.12 Å². The average Bonchev–Trinajstić information content (AvgIpc) is 2.94. The molecular formula is C24H30BN3O5. The Balaban J connectivity index is 1.67. The van der Waals surface area contributed by atoms with Gasteiger partial charge in [-0.05, 0) is 56.9 Å². The molecule has 1 fully saturated rings. The van der Waals surface area contributed by atoms with Crippen LogP contribution in [0.3, 0.4) is 0 Å². The summed E-state index contributed by atoms with van der Waals surface area (Å²) in [4.78, 5) is 35.9. The van der Waals surface area contributed by atoms with Gasteiger partial charge in [-0.25, -0.2) is 0 Å². The lowest BCUT2D eigenvalue weighted by atomic mass is 9.78. The van der Waals surface area contributed by atoms with Crippen molar-refractivity contribution in [2.45, 2.75) is 58.3 Å². The van der Waals surface area contributed by atoms with Gasteiger partial charge in [0.15, 0.2) is 0 Å². The van der Waals surface area contributed by atoms with E-state index in [-0.39, 0.29) is 12.3 Å². The van der Waals surface area contributed by atoms with E-state index >= 15 is 0 Å². The fraction of sp³-hybridized carbons (Fsp3) is 0.375. The van der Waals surface area contributed by atoms with Crippen molar-refractivity contribution in [3.05, 3.63) is 59.7 Å². The zero-order valence-electron chi connectivity index (χ0n) is 19.6. The molecule has 3 rings (SSSR count). The first-order valence-corrected chi connectivity index (χ1v) is 10.8. The Hall–Kier alpha value is -3.17. The average molecular weight is 451 g/mol. The van der Waals surface area contributed by atoms with Gasteiger partial charge in [-0.1, -0.05) is 30.3 Å². The van der Waals surface area contributed by atoms with Crippen LogP contribution >= 0.6 is 0 Å². The Morgan fingerprint density at radius 3 is 2.15 bits per heavy atom. The molecule has 3 amide bonds. The summed E-state index contributed by atoms with van der Waals surface area (Å²) in [7, 11) is -0.480. The van der Waals surface area contributed by atoms with Crippen molar-refractivity contribution in [3.8, 4) is 0 Å². The van der Waals surface area contributed by atoms with Crippen LogP contribution in [0.2, 0.25) is 0 Å². The van der Waals surface area contributed by atoms with Crippen molar-refractivity contribution in [3.63, 3.8) is 0 Å². The van der Waals surface area contributed by atoms with Crippen molar-refractivity contribution in [2.75, 3.05) is 5.32 Å². The largest absolute Gasteiger partial charge is 0.494 e. The second kappa shape index (κ2) is 9.37. The Kier molecular flexibility index (Phi) is 6.95.